The van der Waals surface area contributed by atoms with Crippen molar-refractivity contribution in [2.24, 2.45) is 16.5 Å². The smallest absolute Gasteiger partial charge is 0.328 e. The van der Waals surface area contributed by atoms with Gasteiger partial charge in [0, 0.05) is 39.5 Å². The van der Waals surface area contributed by atoms with E-state index in [-0.39, 0.29) is 47.2 Å². The summed E-state index contributed by atoms with van der Waals surface area (Å²) in [5.41, 5.74) is 12.4. The van der Waals surface area contributed by atoms with Gasteiger partial charge in [-0.2, -0.15) is 0 Å². The summed E-state index contributed by atoms with van der Waals surface area (Å²) in [6.45, 7) is 4.12. The summed E-state index contributed by atoms with van der Waals surface area (Å²) < 4.78 is 36.6. The van der Waals surface area contributed by atoms with Crippen molar-refractivity contribution in [3.05, 3.63) is 105 Å². The summed E-state index contributed by atoms with van der Waals surface area (Å²) >= 11 is 14.0. The molecule has 6 N–H and O–H groups in total. The van der Waals surface area contributed by atoms with E-state index < -0.39 is 35.0 Å². The van der Waals surface area contributed by atoms with Crippen LogP contribution < -0.4 is 21.5 Å². The van der Waals surface area contributed by atoms with Gasteiger partial charge in [-0.1, -0.05) is 54.9 Å². The zero-order chi connectivity index (χ0) is 35.2. The fraction of sp³-hybridized carbons (Fsp3) is 0.273. The Morgan fingerprint density at radius 3 is 2.44 bits per heavy atom. The van der Waals surface area contributed by atoms with E-state index >= 15 is 4.39 Å². The molecule has 1 unspecified atom stereocenters. The van der Waals surface area contributed by atoms with E-state index in [4.69, 9.17) is 39.4 Å². The molecule has 0 bridgehead atoms. The van der Waals surface area contributed by atoms with Gasteiger partial charge in [-0.25, -0.2) is 23.6 Å². The molecule has 0 aliphatic carbocycles. The highest BCUT2D eigenvalue weighted by atomic mass is 35.5. The molecule has 3 aromatic carbocycles. The number of carbonyl (C=O) groups is 2. The van der Waals surface area contributed by atoms with Gasteiger partial charge in [0.15, 0.2) is 17.2 Å². The molecule has 1 amide bonds. The monoisotopic (exact) mass is 718 g/mol. The molecule has 254 valence electrons. The van der Waals surface area contributed by atoms with Crippen molar-refractivity contribution in [2.75, 3.05) is 13.7 Å². The lowest BCUT2D eigenvalue weighted by Gasteiger charge is -2.28. The number of nitrogens with two attached hydrogens (primary N) is 2. The first-order valence-electron chi connectivity index (χ1n) is 14.6. The summed E-state index contributed by atoms with van der Waals surface area (Å²) in [6, 6.07) is 12.8. The number of thioether (sulfide) groups is 1. The van der Waals surface area contributed by atoms with Crippen LogP contribution in [0.25, 0.3) is 5.69 Å². The Bertz CT molecular complexity index is 1810. The summed E-state index contributed by atoms with van der Waals surface area (Å²) in [5, 5.41) is 12.8. The third-order valence-corrected chi connectivity index (χ3v) is 9.23. The number of aliphatic carboxylic acids is 1. The molecule has 0 fully saturated rings. The topological polar surface area (TPSA) is 158 Å². The predicted molar refractivity (Wildman–Crippen MR) is 183 cm³/mol. The van der Waals surface area contributed by atoms with E-state index in [1.165, 1.54) is 37.1 Å². The highest BCUT2D eigenvalue weighted by Crippen LogP contribution is 2.39. The second-order valence-electron chi connectivity index (χ2n) is 11.2. The molecule has 0 spiro atoms. The van der Waals surface area contributed by atoms with Crippen LogP contribution in [-0.4, -0.2) is 52.2 Å². The average molecular weight is 720 g/mol. The third-order valence-electron chi connectivity index (χ3n) is 7.61. The van der Waals surface area contributed by atoms with Crippen molar-refractivity contribution in [1.82, 2.24) is 14.9 Å². The van der Waals surface area contributed by atoms with Crippen molar-refractivity contribution in [3.63, 3.8) is 0 Å². The van der Waals surface area contributed by atoms with Crippen LogP contribution in [0.4, 0.5) is 8.78 Å². The third kappa shape index (κ3) is 8.57. The van der Waals surface area contributed by atoms with Crippen molar-refractivity contribution >= 4 is 52.8 Å². The molecular weight excluding hydrogens is 685 g/mol. The fourth-order valence-electron chi connectivity index (χ4n) is 4.95. The second-order valence-corrected chi connectivity index (χ2v) is 13.0. The van der Waals surface area contributed by atoms with E-state index in [0.717, 1.165) is 17.3 Å². The molecule has 10 nitrogen and oxygen atoms in total. The van der Waals surface area contributed by atoms with Crippen LogP contribution in [0.3, 0.4) is 0 Å². The number of carboxylic acids is 1. The summed E-state index contributed by atoms with van der Waals surface area (Å²) in [6.07, 6.45) is 2.06. The lowest BCUT2D eigenvalue weighted by molar-refractivity contribution is -0.138. The minimum Gasteiger partial charge on any atom is -0.495 e. The number of imidazole rings is 1. The van der Waals surface area contributed by atoms with Gasteiger partial charge in [0.1, 0.15) is 17.4 Å². The van der Waals surface area contributed by atoms with Crippen LogP contribution in [0.2, 0.25) is 10.0 Å². The Labute approximate surface area is 290 Å². The van der Waals surface area contributed by atoms with E-state index in [2.05, 4.69) is 15.3 Å². The van der Waals surface area contributed by atoms with Gasteiger partial charge in [-0.05, 0) is 66.9 Å². The van der Waals surface area contributed by atoms with E-state index in [0.29, 0.717) is 21.6 Å². The van der Waals surface area contributed by atoms with Crippen LogP contribution in [0.5, 0.6) is 5.75 Å². The zero-order valence-corrected chi connectivity index (χ0v) is 28.6. The Hall–Kier alpha value is -4.33. The van der Waals surface area contributed by atoms with Crippen molar-refractivity contribution in [2.45, 2.75) is 49.1 Å². The molecule has 0 saturated heterocycles. The number of hydrogen-bond donors (Lipinski definition) is 4. The van der Waals surface area contributed by atoms with Gasteiger partial charge in [-0.3, -0.25) is 9.36 Å². The van der Waals surface area contributed by atoms with Gasteiger partial charge in [-0.15, -0.1) is 0 Å². The molecule has 4 rings (SSSR count). The van der Waals surface area contributed by atoms with Crippen LogP contribution in [0, 0.1) is 11.6 Å². The average Bonchev–Trinajstić information content (AvgIpc) is 3.47. The predicted octanol–water partition coefficient (Wildman–Crippen LogP) is 6.32. The van der Waals surface area contributed by atoms with Crippen molar-refractivity contribution in [1.29, 1.82) is 0 Å². The maximum absolute atomic E-state index is 15.4. The first-order valence-corrected chi connectivity index (χ1v) is 16.4. The number of hydrogen-bond acceptors (Lipinski definition) is 6. The molecule has 15 heteroatoms. The number of benzene rings is 3. The molecule has 1 heterocycles. The molecular formula is C33H34Cl2F2N6O4S. The molecule has 4 aromatic rings. The molecule has 0 aliphatic heterocycles. The van der Waals surface area contributed by atoms with Gasteiger partial charge in [0.25, 0.3) is 5.91 Å². The number of guanidine groups is 1. The lowest BCUT2D eigenvalue weighted by atomic mass is 9.81. The molecule has 0 radical (unpaired) electrons. The molecule has 0 aliphatic rings. The van der Waals surface area contributed by atoms with Crippen molar-refractivity contribution in [3.8, 4) is 11.4 Å². The summed E-state index contributed by atoms with van der Waals surface area (Å²) in [5.74, 6) is -2.63. The highest BCUT2D eigenvalue weighted by molar-refractivity contribution is 7.98. The molecule has 48 heavy (non-hydrogen) atoms. The number of aliphatic imine (C=N–C) groups is 1. The SMILES string of the molecule is COc1cc(C(C)(C)c2cnc(SCc3c(F)cc(C(=O)NCCCC(N=C(N)N)C(=O)O)cc3Cl)n2-c2ccc(F)cc2)ccc1Cl. The van der Waals surface area contributed by atoms with Crippen molar-refractivity contribution < 1.29 is 28.2 Å². The standard InChI is InChI=1S/C33H34Cl2F2N6O4S/c1-33(2,19-6-11-23(34)27(15-19)47-3)28-16-41-32(43(28)21-9-7-20(36)8-10-21)48-17-22-24(35)13-18(14-25(22)37)29(44)40-12-4-5-26(30(45)46)42-31(38)39/h6-11,13-16,26H,4-5,12,17H2,1-3H3,(H,40,44)(H,45,46)(H4,38,39,42). The number of halogens is 4. The number of carboxylic acid groups (broad SMARTS) is 1. The normalized spacial score (nSPS) is 12.0. The maximum atomic E-state index is 15.4. The number of carbonyl (C=O) groups excluding carboxylic acids is 1. The number of aromatic nitrogens is 2. The Balaban J connectivity index is 1.55. The number of nitrogens with zero attached hydrogens (tertiary/aromatic N) is 3. The maximum Gasteiger partial charge on any atom is 0.328 e. The second kappa shape index (κ2) is 15.7. The minimum atomic E-state index is -1.20. The Morgan fingerprint density at radius 2 is 1.81 bits per heavy atom. The zero-order valence-electron chi connectivity index (χ0n) is 26.3. The first-order chi connectivity index (χ1) is 22.7. The van der Waals surface area contributed by atoms with Crippen LogP contribution in [0.1, 0.15) is 53.9 Å². The number of amides is 1. The summed E-state index contributed by atoms with van der Waals surface area (Å²) in [7, 11) is 1.54. The number of rotatable bonds is 14. The lowest BCUT2D eigenvalue weighted by Crippen LogP contribution is -2.30. The van der Waals surface area contributed by atoms with Gasteiger partial charge >= 0.3 is 5.97 Å². The fourth-order valence-corrected chi connectivity index (χ4v) is 6.52. The van der Waals surface area contributed by atoms with Crippen LogP contribution >= 0.6 is 35.0 Å². The number of methoxy groups -OCH3 is 1. The number of ether oxygens (including phenoxy) is 1. The van der Waals surface area contributed by atoms with E-state index in [1.54, 1.807) is 24.4 Å². The van der Waals surface area contributed by atoms with E-state index in [9.17, 15) is 19.1 Å². The van der Waals surface area contributed by atoms with Crippen LogP contribution in [-0.2, 0) is 16.0 Å². The van der Waals surface area contributed by atoms with E-state index in [1.807, 2.05) is 30.5 Å². The minimum absolute atomic E-state index is 0.000462. The van der Waals surface area contributed by atoms with Gasteiger partial charge in [0.05, 0.1) is 24.0 Å². The quantitative estimate of drug-likeness (QED) is 0.0511. The molecule has 1 aromatic heterocycles. The largest absolute Gasteiger partial charge is 0.495 e. The first kappa shape index (κ1) is 36.5. The molecule has 0 saturated carbocycles. The van der Waals surface area contributed by atoms with Crippen LogP contribution in [0.15, 0.2) is 70.9 Å². The van der Waals surface area contributed by atoms with Gasteiger partial charge in [0.2, 0.25) is 0 Å². The Kier molecular flexibility index (Phi) is 11.9. The number of nitrogens with one attached hydrogen (secondary N) is 1. The van der Waals surface area contributed by atoms with Gasteiger partial charge < -0.3 is 26.6 Å². The Morgan fingerprint density at radius 1 is 1.10 bits per heavy atom. The summed E-state index contributed by atoms with van der Waals surface area (Å²) in [4.78, 5) is 32.3. The molecule has 1 atom stereocenters. The highest BCUT2D eigenvalue weighted by Gasteiger charge is 2.30.